The lowest BCUT2D eigenvalue weighted by atomic mass is 10.4. The van der Waals surface area contributed by atoms with E-state index in [1.54, 1.807) is 0 Å². The third-order valence-corrected chi connectivity index (χ3v) is 2.27. The van der Waals surface area contributed by atoms with E-state index >= 15 is 0 Å². The summed E-state index contributed by atoms with van der Waals surface area (Å²) in [6, 6.07) is 8.38. The Hall–Kier alpha value is -1.44. The van der Waals surface area contributed by atoms with Gasteiger partial charge in [-0.05, 0) is 31.2 Å². The van der Waals surface area contributed by atoms with Gasteiger partial charge < -0.3 is 9.13 Å². The Labute approximate surface area is 78.4 Å². The van der Waals surface area contributed by atoms with Gasteiger partial charge >= 0.3 is 0 Å². The van der Waals surface area contributed by atoms with Gasteiger partial charge in [-0.3, -0.25) is 0 Å². The van der Waals surface area contributed by atoms with Crippen LogP contribution in [0.1, 0.15) is 12.6 Å². The number of nitrogens with zero attached hydrogens (tertiary/aromatic N) is 2. The van der Waals surface area contributed by atoms with Crippen molar-refractivity contribution in [3.8, 4) is 0 Å². The summed E-state index contributed by atoms with van der Waals surface area (Å²) < 4.78 is 4.45. The predicted octanol–water partition coefficient (Wildman–Crippen LogP) is 2.36. The van der Waals surface area contributed by atoms with Gasteiger partial charge in [0, 0.05) is 30.8 Å². The zero-order valence-electron chi connectivity index (χ0n) is 7.85. The molecule has 0 saturated carbocycles. The van der Waals surface area contributed by atoms with E-state index in [1.807, 2.05) is 0 Å². The molecule has 0 unspecified atom stereocenters. The van der Waals surface area contributed by atoms with Gasteiger partial charge in [0.05, 0.1) is 6.54 Å². The van der Waals surface area contributed by atoms with Gasteiger partial charge in [0.25, 0.3) is 0 Å². The maximum atomic E-state index is 2.26. The normalized spacial score (nSPS) is 10.5. The van der Waals surface area contributed by atoms with Crippen LogP contribution < -0.4 is 0 Å². The van der Waals surface area contributed by atoms with Crippen LogP contribution in [0.25, 0.3) is 0 Å². The van der Waals surface area contributed by atoms with E-state index in [9.17, 15) is 0 Å². The molecule has 2 rings (SSSR count). The average Bonchev–Trinajstić information content (AvgIpc) is 2.76. The average molecular weight is 174 g/mol. The molecule has 0 amide bonds. The summed E-state index contributed by atoms with van der Waals surface area (Å²) in [6.07, 6.45) is 6.30. The Morgan fingerprint density at radius 2 is 1.85 bits per heavy atom. The SMILES string of the molecule is CCn1cccc1Cn1cccc1. The molecule has 0 aliphatic carbocycles. The van der Waals surface area contributed by atoms with Crippen molar-refractivity contribution >= 4 is 0 Å². The Balaban J connectivity index is 2.18. The van der Waals surface area contributed by atoms with Gasteiger partial charge in [-0.25, -0.2) is 0 Å². The van der Waals surface area contributed by atoms with Crippen molar-refractivity contribution in [3.63, 3.8) is 0 Å². The van der Waals surface area contributed by atoms with Gasteiger partial charge in [0.2, 0.25) is 0 Å². The summed E-state index contributed by atoms with van der Waals surface area (Å²) in [7, 11) is 0. The molecule has 0 fully saturated rings. The molecular weight excluding hydrogens is 160 g/mol. The second kappa shape index (κ2) is 3.52. The van der Waals surface area contributed by atoms with Crippen molar-refractivity contribution < 1.29 is 0 Å². The molecule has 2 aromatic heterocycles. The predicted molar refractivity (Wildman–Crippen MR) is 53.6 cm³/mol. The van der Waals surface area contributed by atoms with Gasteiger partial charge in [0.15, 0.2) is 0 Å². The van der Waals surface area contributed by atoms with Gasteiger partial charge in [0.1, 0.15) is 0 Å². The lowest BCUT2D eigenvalue weighted by Crippen LogP contribution is -2.03. The number of aromatic nitrogens is 2. The van der Waals surface area contributed by atoms with Crippen LogP contribution in [0.3, 0.4) is 0 Å². The third kappa shape index (κ3) is 1.66. The zero-order valence-corrected chi connectivity index (χ0v) is 7.85. The molecule has 0 radical (unpaired) electrons. The highest BCUT2D eigenvalue weighted by Gasteiger charge is 1.98. The highest BCUT2D eigenvalue weighted by molar-refractivity contribution is 5.08. The molecule has 0 aromatic carbocycles. The van der Waals surface area contributed by atoms with E-state index in [4.69, 9.17) is 0 Å². The molecule has 2 heterocycles. The molecule has 0 spiro atoms. The lowest BCUT2D eigenvalue weighted by Gasteiger charge is -2.06. The van der Waals surface area contributed by atoms with Crippen LogP contribution in [0.15, 0.2) is 42.9 Å². The fourth-order valence-corrected chi connectivity index (χ4v) is 1.56. The highest BCUT2D eigenvalue weighted by atomic mass is 15.0. The Morgan fingerprint density at radius 1 is 1.08 bits per heavy atom. The van der Waals surface area contributed by atoms with Crippen LogP contribution >= 0.6 is 0 Å². The van der Waals surface area contributed by atoms with E-state index in [-0.39, 0.29) is 0 Å². The standard InChI is InChI=1S/C11H14N2/c1-2-13-9-5-6-11(13)10-12-7-3-4-8-12/h3-9H,2,10H2,1H3. The van der Waals surface area contributed by atoms with Crippen molar-refractivity contribution in [2.24, 2.45) is 0 Å². The fourth-order valence-electron chi connectivity index (χ4n) is 1.56. The van der Waals surface area contributed by atoms with Crippen LogP contribution in [0.5, 0.6) is 0 Å². The minimum absolute atomic E-state index is 0.966. The summed E-state index contributed by atoms with van der Waals surface area (Å²) in [6.45, 7) is 4.18. The van der Waals surface area contributed by atoms with Crippen LogP contribution in [0.2, 0.25) is 0 Å². The maximum absolute atomic E-state index is 2.26. The summed E-state index contributed by atoms with van der Waals surface area (Å²) in [5.41, 5.74) is 1.36. The number of rotatable bonds is 3. The molecule has 0 saturated heterocycles. The summed E-state index contributed by atoms with van der Waals surface area (Å²) >= 11 is 0. The van der Waals surface area contributed by atoms with E-state index in [2.05, 4.69) is 58.9 Å². The monoisotopic (exact) mass is 174 g/mol. The van der Waals surface area contributed by atoms with Gasteiger partial charge in [-0.1, -0.05) is 0 Å². The second-order valence-electron chi connectivity index (χ2n) is 3.14. The van der Waals surface area contributed by atoms with Crippen molar-refractivity contribution in [3.05, 3.63) is 48.5 Å². The largest absolute Gasteiger partial charge is 0.350 e. The fraction of sp³-hybridized carbons (Fsp3) is 0.273. The van der Waals surface area contributed by atoms with E-state index in [1.165, 1.54) is 5.69 Å². The highest BCUT2D eigenvalue weighted by Crippen LogP contribution is 2.05. The summed E-state index contributed by atoms with van der Waals surface area (Å²) in [4.78, 5) is 0. The third-order valence-electron chi connectivity index (χ3n) is 2.27. The first-order chi connectivity index (χ1) is 6.40. The minimum atomic E-state index is 0.966. The van der Waals surface area contributed by atoms with Gasteiger partial charge in [-0.15, -0.1) is 0 Å². The Bertz CT molecular complexity index is 357. The molecule has 0 aliphatic heterocycles. The van der Waals surface area contributed by atoms with E-state index in [0.29, 0.717) is 0 Å². The molecular formula is C11H14N2. The first kappa shape index (κ1) is 8.17. The summed E-state index contributed by atoms with van der Waals surface area (Å²) in [5, 5.41) is 0. The molecule has 0 aliphatic rings. The van der Waals surface area contributed by atoms with Crippen molar-refractivity contribution in [2.45, 2.75) is 20.0 Å². The molecule has 2 heteroatoms. The second-order valence-corrected chi connectivity index (χ2v) is 3.14. The minimum Gasteiger partial charge on any atom is -0.350 e. The topological polar surface area (TPSA) is 9.86 Å². The smallest absolute Gasteiger partial charge is 0.0622 e. The van der Waals surface area contributed by atoms with Crippen LogP contribution in [0, 0.1) is 0 Å². The number of aryl methyl sites for hydroxylation is 1. The number of hydrogen-bond donors (Lipinski definition) is 0. The van der Waals surface area contributed by atoms with Crippen LogP contribution in [-0.4, -0.2) is 9.13 Å². The quantitative estimate of drug-likeness (QED) is 0.676. The zero-order chi connectivity index (χ0) is 9.10. The van der Waals surface area contributed by atoms with E-state index in [0.717, 1.165) is 13.1 Å². The molecule has 2 aromatic rings. The Morgan fingerprint density at radius 3 is 2.54 bits per heavy atom. The number of hydrogen-bond acceptors (Lipinski definition) is 0. The Kier molecular flexibility index (Phi) is 2.21. The maximum Gasteiger partial charge on any atom is 0.0622 e. The van der Waals surface area contributed by atoms with Crippen molar-refractivity contribution in [1.82, 2.24) is 9.13 Å². The molecule has 0 atom stereocenters. The molecule has 0 N–H and O–H groups in total. The van der Waals surface area contributed by atoms with Crippen LogP contribution in [-0.2, 0) is 13.1 Å². The van der Waals surface area contributed by atoms with Crippen molar-refractivity contribution in [2.75, 3.05) is 0 Å². The van der Waals surface area contributed by atoms with Crippen molar-refractivity contribution in [1.29, 1.82) is 0 Å². The molecule has 68 valence electrons. The van der Waals surface area contributed by atoms with E-state index < -0.39 is 0 Å². The first-order valence-corrected chi connectivity index (χ1v) is 4.65. The lowest BCUT2D eigenvalue weighted by molar-refractivity contribution is 0.672. The first-order valence-electron chi connectivity index (χ1n) is 4.65. The molecule has 2 nitrogen and oxygen atoms in total. The van der Waals surface area contributed by atoms with Gasteiger partial charge in [-0.2, -0.15) is 0 Å². The summed E-state index contributed by atoms with van der Waals surface area (Å²) in [5.74, 6) is 0. The van der Waals surface area contributed by atoms with Crippen LogP contribution in [0.4, 0.5) is 0 Å². The molecule has 0 bridgehead atoms. The molecule has 13 heavy (non-hydrogen) atoms.